The molecular weight excluding hydrogens is 490 g/mol. The third-order valence-corrected chi connectivity index (χ3v) is 5.77. The molecule has 0 unspecified atom stereocenters. The van der Waals surface area contributed by atoms with E-state index in [0.717, 1.165) is 11.1 Å². The number of para-hydroxylation sites is 1. The van der Waals surface area contributed by atoms with Crippen molar-refractivity contribution in [2.75, 3.05) is 5.01 Å². The predicted octanol–water partition coefficient (Wildman–Crippen LogP) is 6.36. The summed E-state index contributed by atoms with van der Waals surface area (Å²) in [6.45, 7) is 2.01. The minimum Gasteiger partial charge on any atom is -0.486 e. The van der Waals surface area contributed by atoms with E-state index in [1.54, 1.807) is 25.1 Å². The molecule has 0 atom stereocenters. The van der Waals surface area contributed by atoms with Gasteiger partial charge in [0.1, 0.15) is 6.61 Å². The molecule has 1 amide bonds. The number of rotatable bonds is 5. The van der Waals surface area contributed by atoms with Crippen molar-refractivity contribution in [2.45, 2.75) is 13.5 Å². The van der Waals surface area contributed by atoms with Crippen LogP contribution in [-0.4, -0.2) is 11.6 Å². The number of nitrogens with zero attached hydrogens (tertiary/aromatic N) is 3. The van der Waals surface area contributed by atoms with Gasteiger partial charge in [-0.05, 0) is 64.8 Å². The number of hydrazone groups is 1. The van der Waals surface area contributed by atoms with E-state index in [1.807, 2.05) is 54.6 Å². The zero-order valence-corrected chi connectivity index (χ0v) is 19.4. The van der Waals surface area contributed by atoms with Gasteiger partial charge in [0.15, 0.2) is 5.75 Å². The predicted molar refractivity (Wildman–Crippen MR) is 130 cm³/mol. The summed E-state index contributed by atoms with van der Waals surface area (Å²) in [6.07, 6.45) is 1.76. The number of halogens is 2. The molecule has 0 saturated carbocycles. The third kappa shape index (κ3) is 4.45. The smallest absolute Gasteiger partial charge is 0.280 e. The zero-order chi connectivity index (χ0) is 22.7. The molecule has 0 N–H and O–H groups in total. The van der Waals surface area contributed by atoms with E-state index in [9.17, 15) is 10.1 Å². The Morgan fingerprint density at radius 1 is 1.16 bits per heavy atom. The summed E-state index contributed by atoms with van der Waals surface area (Å²) in [5, 5.41) is 15.4. The van der Waals surface area contributed by atoms with Crippen LogP contribution in [0.5, 0.6) is 5.75 Å². The monoisotopic (exact) mass is 505 g/mol. The maximum atomic E-state index is 12.9. The number of carbonyl (C=O) groups is 1. The molecule has 0 aliphatic carbocycles. The van der Waals surface area contributed by atoms with Crippen molar-refractivity contribution in [3.05, 3.63) is 98.5 Å². The van der Waals surface area contributed by atoms with Crippen LogP contribution in [0.15, 0.2) is 81.9 Å². The summed E-state index contributed by atoms with van der Waals surface area (Å²) in [6, 6.07) is 22.2. The molecule has 4 rings (SSSR count). The number of anilines is 1. The number of carbonyl (C=O) groups excluding carboxylic acids is 1. The first-order valence-corrected chi connectivity index (χ1v) is 10.9. The van der Waals surface area contributed by atoms with Gasteiger partial charge in [0.2, 0.25) is 0 Å². The highest BCUT2D eigenvalue weighted by Crippen LogP contribution is 2.36. The lowest BCUT2D eigenvalue weighted by Crippen LogP contribution is -2.21. The first-order chi connectivity index (χ1) is 15.5. The maximum Gasteiger partial charge on any atom is 0.280 e. The van der Waals surface area contributed by atoms with Gasteiger partial charge in [-0.25, -0.2) is 0 Å². The van der Waals surface area contributed by atoms with Gasteiger partial charge in [-0.3, -0.25) is 4.79 Å². The van der Waals surface area contributed by atoms with Crippen molar-refractivity contribution in [1.82, 2.24) is 0 Å². The summed E-state index contributed by atoms with van der Waals surface area (Å²) < 4.78 is 6.53. The summed E-state index contributed by atoms with van der Waals surface area (Å²) >= 11 is 9.99. The van der Waals surface area contributed by atoms with Crippen molar-refractivity contribution in [3.8, 4) is 11.8 Å². The first-order valence-electron chi connectivity index (χ1n) is 9.74. The minimum atomic E-state index is -0.200. The van der Waals surface area contributed by atoms with Crippen LogP contribution in [0.25, 0.3) is 6.08 Å². The molecule has 1 aliphatic rings. The van der Waals surface area contributed by atoms with Gasteiger partial charge in [0, 0.05) is 5.56 Å². The molecule has 0 fully saturated rings. The second-order valence-corrected chi connectivity index (χ2v) is 8.33. The number of hydrogen-bond acceptors (Lipinski definition) is 4. The summed E-state index contributed by atoms with van der Waals surface area (Å²) in [7, 11) is 0. The Labute approximate surface area is 199 Å². The number of benzene rings is 3. The van der Waals surface area contributed by atoms with Gasteiger partial charge >= 0.3 is 0 Å². The molecular formula is C25H17BrClN3O2. The highest BCUT2D eigenvalue weighted by molar-refractivity contribution is 9.10. The van der Waals surface area contributed by atoms with Crippen LogP contribution < -0.4 is 9.75 Å². The first kappa shape index (κ1) is 21.8. The molecule has 3 aromatic rings. The lowest BCUT2D eigenvalue weighted by molar-refractivity contribution is -0.114. The lowest BCUT2D eigenvalue weighted by Gasteiger charge is -2.13. The molecule has 158 valence electrons. The van der Waals surface area contributed by atoms with Gasteiger partial charge in [0.25, 0.3) is 5.91 Å². The highest BCUT2D eigenvalue weighted by atomic mass is 79.9. The summed E-state index contributed by atoms with van der Waals surface area (Å²) in [5.41, 5.74) is 3.89. The van der Waals surface area contributed by atoms with E-state index in [2.05, 4.69) is 27.1 Å². The van der Waals surface area contributed by atoms with Crippen molar-refractivity contribution < 1.29 is 9.53 Å². The fourth-order valence-electron chi connectivity index (χ4n) is 3.30. The van der Waals surface area contributed by atoms with E-state index < -0.39 is 0 Å². The van der Waals surface area contributed by atoms with E-state index in [-0.39, 0.29) is 12.5 Å². The molecule has 5 nitrogen and oxygen atoms in total. The Balaban J connectivity index is 1.57. The third-order valence-electron chi connectivity index (χ3n) is 4.90. The van der Waals surface area contributed by atoms with Crippen molar-refractivity contribution in [3.63, 3.8) is 0 Å². The average Bonchev–Trinajstić information content (AvgIpc) is 3.07. The number of hydrogen-bond donors (Lipinski definition) is 0. The van der Waals surface area contributed by atoms with Crippen molar-refractivity contribution >= 4 is 50.9 Å². The van der Waals surface area contributed by atoms with E-state index in [0.29, 0.717) is 37.8 Å². The van der Waals surface area contributed by atoms with Crippen LogP contribution in [0.3, 0.4) is 0 Å². The Hall–Kier alpha value is -3.40. The maximum absolute atomic E-state index is 12.9. The van der Waals surface area contributed by atoms with Gasteiger partial charge in [-0.1, -0.05) is 48.0 Å². The van der Waals surface area contributed by atoms with Crippen LogP contribution in [0, 0.1) is 11.3 Å². The van der Waals surface area contributed by atoms with Crippen LogP contribution >= 0.6 is 27.5 Å². The Bertz CT molecular complexity index is 1270. The lowest BCUT2D eigenvalue weighted by atomic mass is 10.1. The number of ether oxygens (including phenoxy) is 1. The Morgan fingerprint density at radius 3 is 2.59 bits per heavy atom. The normalized spacial score (nSPS) is 14.4. The van der Waals surface area contributed by atoms with Crippen LogP contribution in [0.2, 0.25) is 5.02 Å². The van der Waals surface area contributed by atoms with Crippen LogP contribution in [-0.2, 0) is 11.4 Å². The fourth-order valence-corrected chi connectivity index (χ4v) is 4.29. The summed E-state index contributed by atoms with van der Waals surface area (Å²) in [5.74, 6) is 0.269. The molecule has 7 heteroatoms. The Kier molecular flexibility index (Phi) is 6.40. The van der Waals surface area contributed by atoms with Gasteiger partial charge < -0.3 is 4.74 Å². The quantitative estimate of drug-likeness (QED) is 0.378. The second kappa shape index (κ2) is 9.39. The fraction of sp³-hybridized carbons (Fsp3) is 0.0800. The number of amides is 1. The molecule has 32 heavy (non-hydrogen) atoms. The van der Waals surface area contributed by atoms with E-state index >= 15 is 0 Å². The van der Waals surface area contributed by atoms with Crippen molar-refractivity contribution in [2.24, 2.45) is 5.10 Å². The van der Waals surface area contributed by atoms with Gasteiger partial charge in [-0.15, -0.1) is 0 Å². The molecule has 3 aromatic carbocycles. The SMILES string of the molecule is CC1=NN(c2ccccc2)C(=O)/C1=C/c1cc(Cl)c(OCc2ccccc2C#N)c(Br)c1. The van der Waals surface area contributed by atoms with Gasteiger partial charge in [-0.2, -0.15) is 15.4 Å². The van der Waals surface area contributed by atoms with Crippen LogP contribution in [0.4, 0.5) is 5.69 Å². The molecule has 1 heterocycles. The zero-order valence-electron chi connectivity index (χ0n) is 17.0. The topological polar surface area (TPSA) is 65.7 Å². The number of nitriles is 1. The van der Waals surface area contributed by atoms with E-state index in [1.165, 1.54) is 5.01 Å². The largest absolute Gasteiger partial charge is 0.486 e. The summed E-state index contributed by atoms with van der Waals surface area (Å²) in [4.78, 5) is 12.9. The molecule has 0 aromatic heterocycles. The Morgan fingerprint density at radius 2 is 1.88 bits per heavy atom. The highest BCUT2D eigenvalue weighted by Gasteiger charge is 2.28. The van der Waals surface area contributed by atoms with Gasteiger partial charge in [0.05, 0.1) is 38.1 Å². The van der Waals surface area contributed by atoms with Crippen molar-refractivity contribution in [1.29, 1.82) is 5.26 Å². The standard InChI is InChI=1S/C25H17BrClN3O2/c1-16-21(25(31)30(29-16)20-9-3-2-4-10-20)11-17-12-22(26)24(23(27)13-17)32-15-19-8-6-5-7-18(19)14-28/h2-13H,15H2,1H3/b21-11+. The average molecular weight is 507 g/mol. The second-order valence-electron chi connectivity index (χ2n) is 7.07. The van der Waals surface area contributed by atoms with Crippen LogP contribution in [0.1, 0.15) is 23.6 Å². The molecule has 0 saturated heterocycles. The minimum absolute atomic E-state index is 0.200. The van der Waals surface area contributed by atoms with E-state index in [4.69, 9.17) is 16.3 Å². The molecule has 0 radical (unpaired) electrons. The molecule has 1 aliphatic heterocycles. The molecule has 0 spiro atoms. The molecule has 0 bridgehead atoms.